The van der Waals surface area contributed by atoms with Crippen molar-refractivity contribution in [1.29, 1.82) is 5.41 Å². The van der Waals surface area contributed by atoms with Gasteiger partial charge in [0.15, 0.2) is 0 Å². The zero-order valence-corrected chi connectivity index (χ0v) is 6.54. The van der Waals surface area contributed by atoms with Crippen LogP contribution in [-0.4, -0.2) is 11.0 Å². The topological polar surface area (TPSA) is 82.1 Å². The fourth-order valence-electron chi connectivity index (χ4n) is 0.879. The minimum absolute atomic E-state index is 0.0692. The number of nitrogens with two attached hydrogens (primary N) is 1. The summed E-state index contributed by atoms with van der Waals surface area (Å²) in [6.45, 7) is 0. The van der Waals surface area contributed by atoms with E-state index in [1.54, 1.807) is 17.6 Å². The van der Waals surface area contributed by atoms with Crippen LogP contribution in [0.1, 0.15) is 5.56 Å². The van der Waals surface area contributed by atoms with Gasteiger partial charge in [0.05, 0.1) is 0 Å². The molecule has 0 radical (unpaired) electrons. The summed E-state index contributed by atoms with van der Waals surface area (Å²) in [5.74, 6) is 0.0692. The second-order valence-corrected chi connectivity index (χ2v) is 2.51. The van der Waals surface area contributed by atoms with Gasteiger partial charge in [-0.2, -0.15) is 0 Å². The molecular weight excluding hydrogens is 154 g/mol. The summed E-state index contributed by atoms with van der Waals surface area (Å²) < 4.78 is 0. The lowest BCUT2D eigenvalue weighted by Gasteiger charge is -2.01. The van der Waals surface area contributed by atoms with Crippen molar-refractivity contribution >= 4 is 11.5 Å². The van der Waals surface area contributed by atoms with Crippen molar-refractivity contribution in [2.24, 2.45) is 0 Å². The maximum atomic E-state index is 8.35. The van der Waals surface area contributed by atoms with Crippen LogP contribution in [0.2, 0.25) is 0 Å². The van der Waals surface area contributed by atoms with Gasteiger partial charge in [0.1, 0.15) is 5.84 Å². The van der Waals surface area contributed by atoms with E-state index in [0.717, 1.165) is 5.56 Å². The lowest BCUT2D eigenvalue weighted by Crippen LogP contribution is -2.19. The molecule has 5 N–H and O–H groups in total. The Labute approximate surface area is 70.5 Å². The van der Waals surface area contributed by atoms with E-state index in [1.807, 2.05) is 12.1 Å². The number of hydrogen-bond donors (Lipinski definition) is 4. The van der Waals surface area contributed by atoms with Crippen LogP contribution in [0.5, 0.6) is 0 Å². The van der Waals surface area contributed by atoms with E-state index in [1.165, 1.54) is 0 Å². The molecule has 0 amide bonds. The van der Waals surface area contributed by atoms with Gasteiger partial charge in [-0.25, -0.2) is 0 Å². The molecule has 0 spiro atoms. The van der Waals surface area contributed by atoms with Crippen LogP contribution < -0.4 is 11.2 Å². The van der Waals surface area contributed by atoms with Crippen LogP contribution in [-0.2, 0) is 6.42 Å². The standard InChI is InChI=1S/C8H11N3O/c9-7-3-1-6(2-4-7)5-8(10)11-12/h1-4,12H,5,9H2,(H2,10,11). The number of benzene rings is 1. The first-order chi connectivity index (χ1) is 5.72. The van der Waals surface area contributed by atoms with E-state index in [9.17, 15) is 0 Å². The Morgan fingerprint density at radius 3 is 2.50 bits per heavy atom. The summed E-state index contributed by atoms with van der Waals surface area (Å²) in [4.78, 5) is 0. The molecule has 1 aromatic rings. The molecule has 1 aromatic carbocycles. The Morgan fingerprint density at radius 2 is 2.00 bits per heavy atom. The van der Waals surface area contributed by atoms with E-state index in [0.29, 0.717) is 12.1 Å². The first-order valence-corrected chi connectivity index (χ1v) is 3.54. The second kappa shape index (κ2) is 3.73. The van der Waals surface area contributed by atoms with E-state index < -0.39 is 0 Å². The number of amidine groups is 1. The average molecular weight is 165 g/mol. The highest BCUT2D eigenvalue weighted by Gasteiger charge is 1.96. The number of rotatable bonds is 2. The van der Waals surface area contributed by atoms with E-state index in [-0.39, 0.29) is 5.84 Å². The van der Waals surface area contributed by atoms with Gasteiger partial charge in [0.25, 0.3) is 0 Å². The Kier molecular flexibility index (Phi) is 2.66. The fraction of sp³-hybridized carbons (Fsp3) is 0.125. The predicted octanol–water partition coefficient (Wildman–Crippen LogP) is 0.767. The molecule has 0 fully saturated rings. The summed E-state index contributed by atoms with van der Waals surface area (Å²) >= 11 is 0. The number of hydroxylamine groups is 1. The van der Waals surface area contributed by atoms with Gasteiger partial charge >= 0.3 is 0 Å². The molecule has 0 aliphatic heterocycles. The number of nitrogens with one attached hydrogen (secondary N) is 2. The molecule has 0 atom stereocenters. The van der Waals surface area contributed by atoms with Crippen LogP contribution in [0, 0.1) is 5.41 Å². The monoisotopic (exact) mass is 165 g/mol. The molecule has 64 valence electrons. The summed E-state index contributed by atoms with van der Waals surface area (Å²) in [6.07, 6.45) is 0.386. The Balaban J connectivity index is 2.64. The Bertz CT molecular complexity index is 268. The summed E-state index contributed by atoms with van der Waals surface area (Å²) in [5, 5.41) is 15.5. The summed E-state index contributed by atoms with van der Waals surface area (Å²) in [5.41, 5.74) is 8.89. The lowest BCUT2D eigenvalue weighted by molar-refractivity contribution is 0.231. The van der Waals surface area contributed by atoms with Crippen molar-refractivity contribution < 1.29 is 5.21 Å². The average Bonchev–Trinajstić information content (AvgIpc) is 2.09. The lowest BCUT2D eigenvalue weighted by atomic mass is 10.1. The number of nitrogen functional groups attached to an aromatic ring is 1. The summed E-state index contributed by atoms with van der Waals surface area (Å²) in [7, 11) is 0. The van der Waals surface area contributed by atoms with Gasteiger partial charge in [-0.1, -0.05) is 12.1 Å². The van der Waals surface area contributed by atoms with Crippen molar-refractivity contribution in [2.45, 2.75) is 6.42 Å². The van der Waals surface area contributed by atoms with Crippen LogP contribution >= 0.6 is 0 Å². The molecule has 1 rings (SSSR count). The van der Waals surface area contributed by atoms with Crippen LogP contribution in [0.3, 0.4) is 0 Å². The minimum atomic E-state index is 0.0692. The maximum Gasteiger partial charge on any atom is 0.122 e. The van der Waals surface area contributed by atoms with Gasteiger partial charge in [-0.15, -0.1) is 0 Å². The molecule has 0 aliphatic rings. The molecule has 12 heavy (non-hydrogen) atoms. The van der Waals surface area contributed by atoms with Gasteiger partial charge in [-0.3, -0.25) is 16.1 Å². The number of anilines is 1. The quantitative estimate of drug-likeness (QED) is 0.226. The molecule has 0 unspecified atom stereocenters. The predicted molar refractivity (Wildman–Crippen MR) is 47.2 cm³/mol. The summed E-state index contributed by atoms with van der Waals surface area (Å²) in [6, 6.07) is 7.17. The van der Waals surface area contributed by atoms with E-state index in [2.05, 4.69) is 0 Å². The fourth-order valence-corrected chi connectivity index (χ4v) is 0.879. The zero-order chi connectivity index (χ0) is 8.97. The normalized spacial score (nSPS) is 9.42. The van der Waals surface area contributed by atoms with E-state index in [4.69, 9.17) is 16.4 Å². The van der Waals surface area contributed by atoms with Crippen molar-refractivity contribution in [3.8, 4) is 0 Å². The molecule has 0 saturated heterocycles. The zero-order valence-electron chi connectivity index (χ0n) is 6.54. The highest BCUT2D eigenvalue weighted by Crippen LogP contribution is 2.05. The number of hydrogen-bond acceptors (Lipinski definition) is 3. The third-order valence-corrected chi connectivity index (χ3v) is 1.50. The molecule has 4 heteroatoms. The van der Waals surface area contributed by atoms with Gasteiger partial charge in [0, 0.05) is 12.1 Å². The largest absolute Gasteiger partial charge is 0.399 e. The highest BCUT2D eigenvalue weighted by atomic mass is 16.5. The van der Waals surface area contributed by atoms with Crippen LogP contribution in [0.25, 0.3) is 0 Å². The Morgan fingerprint density at radius 1 is 1.42 bits per heavy atom. The Hall–Kier alpha value is -1.55. The third-order valence-electron chi connectivity index (χ3n) is 1.50. The molecular formula is C8H11N3O. The van der Waals surface area contributed by atoms with Crippen molar-refractivity contribution in [2.75, 3.05) is 5.73 Å². The van der Waals surface area contributed by atoms with Crippen LogP contribution in [0.4, 0.5) is 5.69 Å². The molecule has 0 aromatic heterocycles. The molecule has 0 heterocycles. The molecule has 0 bridgehead atoms. The molecule has 0 saturated carbocycles. The highest BCUT2D eigenvalue weighted by molar-refractivity contribution is 5.80. The van der Waals surface area contributed by atoms with Crippen molar-refractivity contribution in [3.05, 3.63) is 29.8 Å². The first kappa shape index (κ1) is 8.55. The van der Waals surface area contributed by atoms with E-state index >= 15 is 0 Å². The maximum absolute atomic E-state index is 8.35. The third kappa shape index (κ3) is 2.25. The van der Waals surface area contributed by atoms with Crippen molar-refractivity contribution in [3.63, 3.8) is 0 Å². The van der Waals surface area contributed by atoms with Gasteiger partial charge < -0.3 is 5.73 Å². The second-order valence-electron chi connectivity index (χ2n) is 2.51. The van der Waals surface area contributed by atoms with Crippen LogP contribution in [0.15, 0.2) is 24.3 Å². The molecule has 4 nitrogen and oxygen atoms in total. The van der Waals surface area contributed by atoms with Gasteiger partial charge in [0.2, 0.25) is 0 Å². The SMILES string of the molecule is N=C(Cc1ccc(N)cc1)NO. The van der Waals surface area contributed by atoms with Crippen molar-refractivity contribution in [1.82, 2.24) is 5.48 Å². The minimum Gasteiger partial charge on any atom is -0.399 e. The smallest absolute Gasteiger partial charge is 0.122 e. The first-order valence-electron chi connectivity index (χ1n) is 3.54. The molecule has 0 aliphatic carbocycles. The van der Waals surface area contributed by atoms with Gasteiger partial charge in [-0.05, 0) is 17.7 Å².